The van der Waals surface area contributed by atoms with Gasteiger partial charge in [0.25, 0.3) is 0 Å². The molecule has 0 aliphatic carbocycles. The molecule has 1 saturated heterocycles. The Bertz CT molecular complexity index is 507. The van der Waals surface area contributed by atoms with Crippen molar-refractivity contribution in [2.24, 2.45) is 5.92 Å². The third kappa shape index (κ3) is 3.12. The van der Waals surface area contributed by atoms with Gasteiger partial charge in [0.15, 0.2) is 5.76 Å². The van der Waals surface area contributed by atoms with Crippen LogP contribution in [0.5, 0.6) is 5.88 Å². The molecule has 5 heteroatoms. The van der Waals surface area contributed by atoms with Crippen molar-refractivity contribution in [3.8, 4) is 17.3 Å². The van der Waals surface area contributed by atoms with E-state index in [1.807, 2.05) is 18.2 Å². The Labute approximate surface area is 112 Å². The van der Waals surface area contributed by atoms with E-state index in [-0.39, 0.29) is 0 Å². The summed E-state index contributed by atoms with van der Waals surface area (Å²) in [4.78, 5) is 8.32. The summed E-state index contributed by atoms with van der Waals surface area (Å²) in [6.45, 7) is 2.84. The molecule has 0 radical (unpaired) electrons. The van der Waals surface area contributed by atoms with E-state index in [9.17, 15) is 0 Å². The van der Waals surface area contributed by atoms with E-state index in [1.54, 1.807) is 6.26 Å². The fourth-order valence-corrected chi connectivity index (χ4v) is 2.25. The van der Waals surface area contributed by atoms with E-state index in [2.05, 4.69) is 15.3 Å². The molecule has 0 aromatic carbocycles. The number of hydrogen-bond donors (Lipinski definition) is 1. The monoisotopic (exact) mass is 259 g/mol. The summed E-state index contributed by atoms with van der Waals surface area (Å²) in [6, 6.07) is 5.53. The Balaban J connectivity index is 1.63. The fraction of sp³-hybridized carbons (Fsp3) is 0.429. The van der Waals surface area contributed by atoms with E-state index in [0.29, 0.717) is 18.4 Å². The van der Waals surface area contributed by atoms with Crippen molar-refractivity contribution in [1.82, 2.24) is 15.3 Å². The molecule has 1 N–H and O–H groups in total. The van der Waals surface area contributed by atoms with Gasteiger partial charge in [-0.3, -0.25) is 0 Å². The van der Waals surface area contributed by atoms with Gasteiger partial charge in [-0.15, -0.1) is 0 Å². The van der Waals surface area contributed by atoms with Gasteiger partial charge in [-0.05, 0) is 31.5 Å². The molecule has 0 amide bonds. The van der Waals surface area contributed by atoms with Crippen LogP contribution in [-0.2, 0) is 0 Å². The first kappa shape index (κ1) is 12.2. The summed E-state index contributed by atoms with van der Waals surface area (Å²) in [5.74, 6) is 1.90. The average molecular weight is 259 g/mol. The first-order chi connectivity index (χ1) is 9.42. The summed E-state index contributed by atoms with van der Waals surface area (Å²) in [7, 11) is 0. The van der Waals surface area contributed by atoms with Crippen molar-refractivity contribution in [2.75, 3.05) is 19.7 Å². The second kappa shape index (κ2) is 5.84. The van der Waals surface area contributed by atoms with Crippen LogP contribution in [0.4, 0.5) is 0 Å². The predicted molar refractivity (Wildman–Crippen MR) is 70.8 cm³/mol. The Hall–Kier alpha value is -1.88. The van der Waals surface area contributed by atoms with Crippen LogP contribution in [0.25, 0.3) is 11.5 Å². The van der Waals surface area contributed by atoms with Gasteiger partial charge >= 0.3 is 0 Å². The zero-order chi connectivity index (χ0) is 12.9. The maximum atomic E-state index is 5.75. The van der Waals surface area contributed by atoms with Gasteiger partial charge in [-0.1, -0.05) is 0 Å². The lowest BCUT2D eigenvalue weighted by atomic mass is 10.0. The number of furan rings is 1. The van der Waals surface area contributed by atoms with Crippen molar-refractivity contribution in [1.29, 1.82) is 0 Å². The highest BCUT2D eigenvalue weighted by Gasteiger charge is 2.14. The number of aromatic nitrogens is 2. The quantitative estimate of drug-likeness (QED) is 0.911. The van der Waals surface area contributed by atoms with Crippen LogP contribution in [0.1, 0.15) is 12.8 Å². The molecule has 0 bridgehead atoms. The maximum Gasteiger partial charge on any atom is 0.217 e. The van der Waals surface area contributed by atoms with E-state index in [4.69, 9.17) is 9.15 Å². The molecule has 2 aromatic rings. The molecule has 1 atom stereocenters. The number of hydrogen-bond acceptors (Lipinski definition) is 5. The first-order valence-electron chi connectivity index (χ1n) is 6.61. The topological polar surface area (TPSA) is 60.2 Å². The number of nitrogens with one attached hydrogen (secondary N) is 1. The van der Waals surface area contributed by atoms with Crippen LogP contribution in [0.2, 0.25) is 0 Å². The van der Waals surface area contributed by atoms with Crippen LogP contribution in [0.15, 0.2) is 35.2 Å². The Morgan fingerprint density at radius 1 is 1.42 bits per heavy atom. The molecule has 3 rings (SSSR count). The first-order valence-corrected chi connectivity index (χ1v) is 6.61. The van der Waals surface area contributed by atoms with Crippen molar-refractivity contribution in [2.45, 2.75) is 12.8 Å². The summed E-state index contributed by atoms with van der Waals surface area (Å²) < 4.78 is 11.1. The molecule has 2 aromatic heterocycles. The molecule has 1 aliphatic heterocycles. The highest BCUT2D eigenvalue weighted by molar-refractivity contribution is 5.52. The number of rotatable bonds is 4. The van der Waals surface area contributed by atoms with Crippen molar-refractivity contribution >= 4 is 0 Å². The molecule has 100 valence electrons. The minimum absolute atomic E-state index is 0.566. The molecular weight excluding hydrogens is 242 g/mol. The van der Waals surface area contributed by atoms with Gasteiger partial charge < -0.3 is 14.5 Å². The van der Waals surface area contributed by atoms with Crippen molar-refractivity contribution < 1.29 is 9.15 Å². The number of nitrogens with zero attached hydrogens (tertiary/aromatic N) is 2. The SMILES string of the molecule is c1coc(-c2cc(OCC3CCCNC3)ncn2)c1. The zero-order valence-corrected chi connectivity index (χ0v) is 10.7. The van der Waals surface area contributed by atoms with Crippen LogP contribution in [0.3, 0.4) is 0 Å². The molecule has 3 heterocycles. The lowest BCUT2D eigenvalue weighted by Gasteiger charge is -2.22. The largest absolute Gasteiger partial charge is 0.477 e. The van der Waals surface area contributed by atoms with Crippen LogP contribution in [0, 0.1) is 5.92 Å². The summed E-state index contributed by atoms with van der Waals surface area (Å²) in [5.41, 5.74) is 0.747. The highest BCUT2D eigenvalue weighted by Crippen LogP contribution is 2.20. The van der Waals surface area contributed by atoms with Crippen molar-refractivity contribution in [3.05, 3.63) is 30.8 Å². The van der Waals surface area contributed by atoms with E-state index < -0.39 is 0 Å². The third-order valence-corrected chi connectivity index (χ3v) is 3.28. The van der Waals surface area contributed by atoms with Crippen molar-refractivity contribution in [3.63, 3.8) is 0 Å². The Morgan fingerprint density at radius 3 is 3.21 bits per heavy atom. The van der Waals surface area contributed by atoms with Gasteiger partial charge in [-0.25, -0.2) is 9.97 Å². The van der Waals surface area contributed by atoms with Crippen LogP contribution >= 0.6 is 0 Å². The van der Waals surface area contributed by atoms with Crippen LogP contribution < -0.4 is 10.1 Å². The molecule has 1 unspecified atom stereocenters. The predicted octanol–water partition coefficient (Wildman–Crippen LogP) is 2.11. The van der Waals surface area contributed by atoms with Gasteiger partial charge in [-0.2, -0.15) is 0 Å². The van der Waals surface area contributed by atoms with E-state index in [0.717, 1.165) is 24.5 Å². The summed E-state index contributed by atoms with van der Waals surface area (Å²) in [5, 5.41) is 3.38. The number of ether oxygens (including phenoxy) is 1. The second-order valence-electron chi connectivity index (χ2n) is 4.74. The molecule has 1 aliphatic rings. The Kier molecular flexibility index (Phi) is 3.74. The van der Waals surface area contributed by atoms with Gasteiger partial charge in [0.1, 0.15) is 12.0 Å². The number of piperidine rings is 1. The van der Waals surface area contributed by atoms with E-state index >= 15 is 0 Å². The molecule has 0 saturated carbocycles. The van der Waals surface area contributed by atoms with E-state index in [1.165, 1.54) is 19.2 Å². The lowest BCUT2D eigenvalue weighted by molar-refractivity contribution is 0.212. The average Bonchev–Trinajstić information content (AvgIpc) is 3.01. The van der Waals surface area contributed by atoms with Gasteiger partial charge in [0, 0.05) is 18.5 Å². The molecule has 0 spiro atoms. The third-order valence-electron chi connectivity index (χ3n) is 3.28. The lowest BCUT2D eigenvalue weighted by Crippen LogP contribution is -2.33. The zero-order valence-electron chi connectivity index (χ0n) is 10.7. The van der Waals surface area contributed by atoms with Gasteiger partial charge in [0.05, 0.1) is 12.9 Å². The molecule has 5 nitrogen and oxygen atoms in total. The smallest absolute Gasteiger partial charge is 0.217 e. The Morgan fingerprint density at radius 2 is 2.42 bits per heavy atom. The second-order valence-corrected chi connectivity index (χ2v) is 4.74. The standard InChI is InChI=1S/C14H17N3O2/c1-3-11(8-15-5-1)9-19-14-7-12(16-10-17-14)13-4-2-6-18-13/h2,4,6-7,10-11,15H,1,3,5,8-9H2. The normalized spacial score (nSPS) is 19.3. The fourth-order valence-electron chi connectivity index (χ4n) is 2.25. The maximum absolute atomic E-state index is 5.75. The van der Waals surface area contributed by atoms with Crippen LogP contribution in [-0.4, -0.2) is 29.7 Å². The molecular formula is C14H17N3O2. The summed E-state index contributed by atoms with van der Waals surface area (Å²) in [6.07, 6.45) is 5.57. The summed E-state index contributed by atoms with van der Waals surface area (Å²) >= 11 is 0. The highest BCUT2D eigenvalue weighted by atomic mass is 16.5. The minimum Gasteiger partial charge on any atom is -0.477 e. The minimum atomic E-state index is 0.566. The molecule has 1 fully saturated rings. The molecule has 19 heavy (non-hydrogen) atoms. The van der Waals surface area contributed by atoms with Gasteiger partial charge in [0.2, 0.25) is 5.88 Å².